The number of hydrogen-bond donors (Lipinski definition) is 1. The van der Waals surface area contributed by atoms with Gasteiger partial charge in [0.05, 0.1) is 18.4 Å². The van der Waals surface area contributed by atoms with E-state index in [4.69, 9.17) is 9.84 Å². The fourth-order valence-electron chi connectivity index (χ4n) is 1.48. The van der Waals surface area contributed by atoms with Crippen molar-refractivity contribution >= 4 is 0 Å². The highest BCUT2D eigenvalue weighted by atomic mass is 19.4. The topological polar surface area (TPSA) is 55.5 Å². The summed E-state index contributed by atoms with van der Waals surface area (Å²) in [6, 6.07) is 3.42. The van der Waals surface area contributed by atoms with E-state index in [1.54, 1.807) is 0 Å². The Morgan fingerprint density at radius 2 is 2.05 bits per heavy atom. The van der Waals surface area contributed by atoms with Crippen LogP contribution in [0.1, 0.15) is 16.7 Å². The van der Waals surface area contributed by atoms with Crippen LogP contribution < -0.4 is 4.74 Å². The van der Waals surface area contributed by atoms with Gasteiger partial charge in [-0.15, -0.1) is 0 Å². The Balaban J connectivity index is 2.23. The molecule has 0 saturated heterocycles. The summed E-state index contributed by atoms with van der Waals surface area (Å²) in [5.74, 6) is -0.300. The maximum atomic E-state index is 12.8. The maximum Gasteiger partial charge on any atom is 0.419 e. The van der Waals surface area contributed by atoms with Crippen LogP contribution in [0.3, 0.4) is 0 Å². The molecule has 1 heterocycles. The van der Waals surface area contributed by atoms with Gasteiger partial charge in [-0.2, -0.15) is 13.2 Å². The van der Waals surface area contributed by atoms with E-state index in [0.717, 1.165) is 6.07 Å². The second-order valence-corrected chi connectivity index (χ2v) is 3.81. The van der Waals surface area contributed by atoms with Crippen LogP contribution in [0.15, 0.2) is 35.2 Å². The van der Waals surface area contributed by atoms with Crippen molar-refractivity contribution in [2.24, 2.45) is 0 Å². The van der Waals surface area contributed by atoms with E-state index >= 15 is 0 Å². The summed E-state index contributed by atoms with van der Waals surface area (Å²) >= 11 is 0. The van der Waals surface area contributed by atoms with Gasteiger partial charge in [0.25, 0.3) is 0 Å². The van der Waals surface area contributed by atoms with E-state index < -0.39 is 18.3 Å². The van der Waals surface area contributed by atoms with Crippen LogP contribution in [0.4, 0.5) is 13.2 Å². The lowest BCUT2D eigenvalue weighted by molar-refractivity contribution is -0.139. The van der Waals surface area contributed by atoms with Crippen LogP contribution in [-0.2, 0) is 19.4 Å². The number of rotatable bonds is 4. The van der Waals surface area contributed by atoms with Crippen molar-refractivity contribution in [3.05, 3.63) is 47.3 Å². The summed E-state index contributed by atoms with van der Waals surface area (Å²) in [6.45, 7) is -0.542. The molecule has 2 aromatic rings. The third-order valence-electron chi connectivity index (χ3n) is 2.41. The van der Waals surface area contributed by atoms with Gasteiger partial charge in [-0.25, -0.2) is 0 Å². The summed E-state index contributed by atoms with van der Waals surface area (Å²) in [5, 5.41) is 12.3. The van der Waals surface area contributed by atoms with E-state index in [2.05, 4.69) is 9.68 Å². The molecule has 1 aromatic carbocycles. The van der Waals surface area contributed by atoms with E-state index in [1.807, 2.05) is 0 Å². The summed E-state index contributed by atoms with van der Waals surface area (Å²) in [6.07, 6.45) is -1.90. The van der Waals surface area contributed by atoms with E-state index in [1.165, 1.54) is 24.6 Å². The molecular weight excluding hydrogens is 263 g/mol. The van der Waals surface area contributed by atoms with E-state index in [9.17, 15) is 13.2 Å². The van der Waals surface area contributed by atoms with Gasteiger partial charge in [0.2, 0.25) is 0 Å². The first kappa shape index (κ1) is 13.4. The third-order valence-corrected chi connectivity index (χ3v) is 2.41. The number of aromatic nitrogens is 1. The van der Waals surface area contributed by atoms with Crippen molar-refractivity contribution in [1.29, 1.82) is 0 Å². The van der Waals surface area contributed by atoms with Crippen LogP contribution in [0.5, 0.6) is 5.75 Å². The van der Waals surface area contributed by atoms with Gasteiger partial charge in [0.1, 0.15) is 18.6 Å². The van der Waals surface area contributed by atoms with Gasteiger partial charge >= 0.3 is 6.18 Å². The molecule has 0 aliphatic heterocycles. The Hall–Kier alpha value is -2.02. The lowest BCUT2D eigenvalue weighted by Gasteiger charge is -2.14. The minimum atomic E-state index is -4.55. The zero-order valence-electron chi connectivity index (χ0n) is 9.65. The standard InChI is InChI=1S/C12H10F3NO3/c13-12(14,15)10-3-8(5-17)1-2-11(10)18-6-9-4-16-19-7-9/h1-4,7,17H,5-6H2. The fourth-order valence-corrected chi connectivity index (χ4v) is 1.48. The fraction of sp³-hybridized carbons (Fsp3) is 0.250. The number of alkyl halides is 3. The molecule has 1 aromatic heterocycles. The molecule has 0 amide bonds. The Kier molecular flexibility index (Phi) is 3.75. The van der Waals surface area contributed by atoms with Crippen molar-refractivity contribution in [3.63, 3.8) is 0 Å². The van der Waals surface area contributed by atoms with Gasteiger partial charge < -0.3 is 14.4 Å². The first-order chi connectivity index (χ1) is 9.00. The molecule has 4 nitrogen and oxygen atoms in total. The van der Waals surface area contributed by atoms with Crippen LogP contribution >= 0.6 is 0 Å². The predicted octanol–water partition coefficient (Wildman–Crippen LogP) is 2.76. The molecule has 0 unspecified atom stereocenters. The molecule has 0 aliphatic rings. The number of halogens is 3. The van der Waals surface area contributed by atoms with Gasteiger partial charge in [-0.05, 0) is 17.7 Å². The minimum Gasteiger partial charge on any atom is -0.488 e. The second-order valence-electron chi connectivity index (χ2n) is 3.81. The highest BCUT2D eigenvalue weighted by Gasteiger charge is 2.34. The normalized spacial score (nSPS) is 11.6. The van der Waals surface area contributed by atoms with Gasteiger partial charge in [-0.3, -0.25) is 0 Å². The molecule has 19 heavy (non-hydrogen) atoms. The SMILES string of the molecule is OCc1ccc(OCc2cnoc2)c(C(F)(F)F)c1. The first-order valence-electron chi connectivity index (χ1n) is 5.32. The molecule has 0 fully saturated rings. The predicted molar refractivity (Wildman–Crippen MR) is 58.2 cm³/mol. The molecule has 0 saturated carbocycles. The minimum absolute atomic E-state index is 0.0783. The van der Waals surface area contributed by atoms with Crippen molar-refractivity contribution < 1.29 is 27.5 Å². The molecule has 0 spiro atoms. The number of aliphatic hydroxyl groups is 1. The van der Waals surface area contributed by atoms with Crippen molar-refractivity contribution in [2.75, 3.05) is 0 Å². The summed E-state index contributed by atoms with van der Waals surface area (Å²) in [5.41, 5.74) is -0.223. The molecule has 0 atom stereocenters. The summed E-state index contributed by atoms with van der Waals surface area (Å²) in [4.78, 5) is 0. The Bertz CT molecular complexity index is 538. The average Bonchev–Trinajstić information content (AvgIpc) is 2.88. The third kappa shape index (κ3) is 3.25. The Morgan fingerprint density at radius 1 is 1.26 bits per heavy atom. The van der Waals surface area contributed by atoms with Crippen molar-refractivity contribution in [2.45, 2.75) is 19.4 Å². The Morgan fingerprint density at radius 3 is 2.63 bits per heavy atom. The number of aliphatic hydroxyl groups excluding tert-OH is 1. The molecule has 0 aliphatic carbocycles. The first-order valence-corrected chi connectivity index (χ1v) is 5.32. The monoisotopic (exact) mass is 273 g/mol. The summed E-state index contributed by atoms with van der Waals surface area (Å²) in [7, 11) is 0. The van der Waals surface area contributed by atoms with E-state index in [-0.39, 0.29) is 17.9 Å². The number of benzene rings is 1. The Labute approximate surface area is 106 Å². The largest absolute Gasteiger partial charge is 0.488 e. The van der Waals surface area contributed by atoms with Crippen molar-refractivity contribution in [1.82, 2.24) is 5.16 Å². The zero-order chi connectivity index (χ0) is 13.9. The van der Waals surface area contributed by atoms with Crippen molar-refractivity contribution in [3.8, 4) is 5.75 Å². The molecule has 1 N–H and O–H groups in total. The molecule has 0 radical (unpaired) electrons. The molecule has 0 bridgehead atoms. The zero-order valence-corrected chi connectivity index (χ0v) is 9.65. The van der Waals surface area contributed by atoms with Crippen LogP contribution in [-0.4, -0.2) is 10.3 Å². The van der Waals surface area contributed by atoms with Gasteiger partial charge in [-0.1, -0.05) is 11.2 Å². The van der Waals surface area contributed by atoms with Crippen LogP contribution in [0.2, 0.25) is 0 Å². The molecule has 7 heteroatoms. The lowest BCUT2D eigenvalue weighted by Crippen LogP contribution is -2.09. The van der Waals surface area contributed by atoms with Gasteiger partial charge in [0, 0.05) is 5.56 Å². The number of nitrogens with zero attached hydrogens (tertiary/aromatic N) is 1. The molecule has 2 rings (SSSR count). The van der Waals surface area contributed by atoms with Crippen LogP contribution in [0.25, 0.3) is 0 Å². The number of ether oxygens (including phenoxy) is 1. The quantitative estimate of drug-likeness (QED) is 0.930. The lowest BCUT2D eigenvalue weighted by atomic mass is 10.1. The van der Waals surface area contributed by atoms with E-state index in [0.29, 0.717) is 5.56 Å². The molecule has 102 valence electrons. The molecular formula is C12H10F3NO3. The maximum absolute atomic E-state index is 12.8. The highest BCUT2D eigenvalue weighted by molar-refractivity contribution is 5.39. The average molecular weight is 273 g/mol. The number of hydrogen-bond acceptors (Lipinski definition) is 4. The van der Waals surface area contributed by atoms with Gasteiger partial charge in [0.15, 0.2) is 0 Å². The second kappa shape index (κ2) is 5.31. The smallest absolute Gasteiger partial charge is 0.419 e. The summed E-state index contributed by atoms with van der Waals surface area (Å²) < 4.78 is 48.2. The highest BCUT2D eigenvalue weighted by Crippen LogP contribution is 2.37. The van der Waals surface area contributed by atoms with Crippen LogP contribution in [0, 0.1) is 0 Å².